The molecular formula is C14H12BrCl2N3O. The fourth-order valence-corrected chi connectivity index (χ4v) is 2.68. The fourth-order valence-electron chi connectivity index (χ4n) is 1.79. The SMILES string of the molecule is Cc1cc(Br)cc(N)c1NC(=O)Nc1ccc(Cl)c(Cl)c1. The number of nitrogens with two attached hydrogens (primary N) is 1. The predicted molar refractivity (Wildman–Crippen MR) is 92.4 cm³/mol. The molecule has 0 bridgehead atoms. The molecule has 2 rings (SSSR count). The molecule has 2 aromatic rings. The third-order valence-electron chi connectivity index (χ3n) is 2.75. The number of nitrogen functional groups attached to an aromatic ring is 1. The van der Waals surface area contributed by atoms with Gasteiger partial charge in [0.05, 0.1) is 21.4 Å². The zero-order valence-electron chi connectivity index (χ0n) is 11.0. The zero-order chi connectivity index (χ0) is 15.6. The number of carbonyl (C=O) groups is 1. The lowest BCUT2D eigenvalue weighted by Crippen LogP contribution is -2.20. The number of nitrogens with one attached hydrogen (secondary N) is 2. The molecule has 4 nitrogen and oxygen atoms in total. The first kappa shape index (κ1) is 15.9. The molecule has 0 saturated carbocycles. The maximum absolute atomic E-state index is 12.0. The number of urea groups is 1. The summed E-state index contributed by atoms with van der Waals surface area (Å²) in [7, 11) is 0. The van der Waals surface area contributed by atoms with Crippen LogP contribution in [0.3, 0.4) is 0 Å². The molecular weight excluding hydrogens is 377 g/mol. The summed E-state index contributed by atoms with van der Waals surface area (Å²) >= 11 is 15.1. The molecule has 0 heterocycles. The van der Waals surface area contributed by atoms with Crippen LogP contribution in [0.25, 0.3) is 0 Å². The first-order valence-corrected chi connectivity index (χ1v) is 7.50. The van der Waals surface area contributed by atoms with Crippen molar-refractivity contribution >= 4 is 62.2 Å². The summed E-state index contributed by atoms with van der Waals surface area (Å²) in [5.41, 5.74) is 8.33. The maximum atomic E-state index is 12.0. The Kier molecular flexibility index (Phi) is 4.98. The minimum atomic E-state index is -0.412. The minimum Gasteiger partial charge on any atom is -0.397 e. The number of carbonyl (C=O) groups excluding carboxylic acids is 1. The van der Waals surface area contributed by atoms with Gasteiger partial charge in [-0.15, -0.1) is 0 Å². The molecule has 2 aromatic carbocycles. The van der Waals surface area contributed by atoms with Crippen molar-refractivity contribution in [2.75, 3.05) is 16.4 Å². The Morgan fingerprint density at radius 2 is 1.86 bits per heavy atom. The van der Waals surface area contributed by atoms with E-state index in [-0.39, 0.29) is 0 Å². The van der Waals surface area contributed by atoms with Crippen LogP contribution in [0.5, 0.6) is 0 Å². The number of amides is 2. The predicted octanol–water partition coefficient (Wildman–Crippen LogP) is 5.29. The van der Waals surface area contributed by atoms with Crippen molar-refractivity contribution in [3.63, 3.8) is 0 Å². The molecule has 0 aliphatic heterocycles. The van der Waals surface area contributed by atoms with Crippen LogP contribution in [0, 0.1) is 6.92 Å². The molecule has 0 aliphatic rings. The highest BCUT2D eigenvalue weighted by molar-refractivity contribution is 9.10. The van der Waals surface area contributed by atoms with Crippen LogP contribution in [0.1, 0.15) is 5.56 Å². The number of aryl methyl sites for hydroxylation is 1. The first-order valence-electron chi connectivity index (χ1n) is 5.95. The smallest absolute Gasteiger partial charge is 0.323 e. The normalized spacial score (nSPS) is 10.3. The Hall–Kier alpha value is -1.43. The van der Waals surface area contributed by atoms with E-state index < -0.39 is 6.03 Å². The van der Waals surface area contributed by atoms with E-state index in [0.29, 0.717) is 27.1 Å². The Labute approximate surface area is 140 Å². The van der Waals surface area contributed by atoms with E-state index in [4.69, 9.17) is 28.9 Å². The van der Waals surface area contributed by atoms with Crippen LogP contribution < -0.4 is 16.4 Å². The van der Waals surface area contributed by atoms with Crippen LogP contribution in [0.2, 0.25) is 10.0 Å². The number of rotatable bonds is 2. The Morgan fingerprint density at radius 1 is 1.14 bits per heavy atom. The van der Waals surface area contributed by atoms with Gasteiger partial charge < -0.3 is 16.4 Å². The molecule has 0 aliphatic carbocycles. The van der Waals surface area contributed by atoms with Crippen LogP contribution in [0.15, 0.2) is 34.8 Å². The molecule has 0 radical (unpaired) electrons. The summed E-state index contributed by atoms with van der Waals surface area (Å²) in [5, 5.41) is 6.18. The monoisotopic (exact) mass is 387 g/mol. The van der Waals surface area contributed by atoms with Gasteiger partial charge in [0.25, 0.3) is 0 Å². The van der Waals surface area contributed by atoms with Crippen molar-refractivity contribution in [3.05, 3.63) is 50.4 Å². The Balaban J connectivity index is 2.13. The van der Waals surface area contributed by atoms with E-state index in [1.165, 1.54) is 0 Å². The standard InChI is InChI=1S/C14H12BrCl2N3O/c1-7-4-8(15)5-12(18)13(7)20-14(21)19-9-2-3-10(16)11(17)6-9/h2-6H,18H2,1H3,(H2,19,20,21). The van der Waals surface area contributed by atoms with Crippen molar-refractivity contribution in [3.8, 4) is 0 Å². The highest BCUT2D eigenvalue weighted by Gasteiger charge is 2.10. The van der Waals surface area contributed by atoms with Crippen molar-refractivity contribution < 1.29 is 4.79 Å². The van der Waals surface area contributed by atoms with Gasteiger partial charge in [0.15, 0.2) is 0 Å². The van der Waals surface area contributed by atoms with Crippen LogP contribution in [0.4, 0.5) is 21.9 Å². The molecule has 21 heavy (non-hydrogen) atoms. The van der Waals surface area contributed by atoms with Gasteiger partial charge in [0.1, 0.15) is 0 Å². The lowest BCUT2D eigenvalue weighted by atomic mass is 10.1. The second kappa shape index (κ2) is 6.56. The topological polar surface area (TPSA) is 67.1 Å². The zero-order valence-corrected chi connectivity index (χ0v) is 14.1. The van der Waals surface area contributed by atoms with E-state index in [1.807, 2.05) is 13.0 Å². The van der Waals surface area contributed by atoms with Gasteiger partial charge in [-0.3, -0.25) is 0 Å². The van der Waals surface area contributed by atoms with Crippen molar-refractivity contribution in [2.24, 2.45) is 0 Å². The highest BCUT2D eigenvalue weighted by Crippen LogP contribution is 2.28. The average Bonchev–Trinajstić information content (AvgIpc) is 2.38. The van der Waals surface area contributed by atoms with E-state index in [1.54, 1.807) is 24.3 Å². The highest BCUT2D eigenvalue weighted by atomic mass is 79.9. The third-order valence-corrected chi connectivity index (χ3v) is 3.94. The molecule has 7 heteroatoms. The van der Waals surface area contributed by atoms with Crippen molar-refractivity contribution in [1.29, 1.82) is 0 Å². The van der Waals surface area contributed by atoms with Crippen LogP contribution >= 0.6 is 39.1 Å². The van der Waals surface area contributed by atoms with Gasteiger partial charge >= 0.3 is 6.03 Å². The van der Waals surface area contributed by atoms with Gasteiger partial charge in [-0.1, -0.05) is 39.1 Å². The number of anilines is 3. The Morgan fingerprint density at radius 3 is 2.48 bits per heavy atom. The Bertz CT molecular complexity index is 684. The van der Waals surface area contributed by atoms with Crippen molar-refractivity contribution in [2.45, 2.75) is 6.92 Å². The minimum absolute atomic E-state index is 0.369. The summed E-state index contributed by atoms with van der Waals surface area (Å²) in [4.78, 5) is 12.0. The number of hydrogen-bond donors (Lipinski definition) is 3. The lowest BCUT2D eigenvalue weighted by Gasteiger charge is -2.13. The maximum Gasteiger partial charge on any atom is 0.323 e. The summed E-state index contributed by atoms with van der Waals surface area (Å²) in [6.45, 7) is 1.86. The molecule has 0 unspecified atom stereocenters. The number of hydrogen-bond acceptors (Lipinski definition) is 2. The molecule has 0 saturated heterocycles. The lowest BCUT2D eigenvalue weighted by molar-refractivity contribution is 0.262. The molecule has 110 valence electrons. The molecule has 2 amide bonds. The molecule has 0 atom stereocenters. The first-order chi connectivity index (χ1) is 9.86. The quantitative estimate of drug-likeness (QED) is 0.611. The second-order valence-corrected chi connectivity index (χ2v) is 6.13. The van der Waals surface area contributed by atoms with Crippen molar-refractivity contribution in [1.82, 2.24) is 0 Å². The molecule has 0 aromatic heterocycles. The van der Waals surface area contributed by atoms with Gasteiger partial charge in [-0.05, 0) is 42.8 Å². The average molecular weight is 389 g/mol. The largest absolute Gasteiger partial charge is 0.397 e. The fraction of sp³-hybridized carbons (Fsp3) is 0.0714. The third kappa shape index (κ3) is 4.03. The second-order valence-electron chi connectivity index (χ2n) is 4.39. The van der Waals surface area contributed by atoms with Gasteiger partial charge in [0.2, 0.25) is 0 Å². The molecule has 0 spiro atoms. The summed E-state index contributed by atoms with van der Waals surface area (Å²) < 4.78 is 0.855. The summed E-state index contributed by atoms with van der Waals surface area (Å²) in [5.74, 6) is 0. The van der Waals surface area contributed by atoms with E-state index >= 15 is 0 Å². The summed E-state index contributed by atoms with van der Waals surface area (Å²) in [6, 6.07) is 8.02. The van der Waals surface area contributed by atoms with E-state index in [0.717, 1.165) is 10.0 Å². The van der Waals surface area contributed by atoms with E-state index in [2.05, 4.69) is 26.6 Å². The number of halogens is 3. The van der Waals surface area contributed by atoms with Gasteiger partial charge in [0, 0.05) is 10.2 Å². The molecule has 0 fully saturated rings. The van der Waals surface area contributed by atoms with Gasteiger partial charge in [-0.25, -0.2) is 4.79 Å². The van der Waals surface area contributed by atoms with E-state index in [9.17, 15) is 4.79 Å². The van der Waals surface area contributed by atoms with Gasteiger partial charge in [-0.2, -0.15) is 0 Å². The molecule has 4 N–H and O–H groups in total. The summed E-state index contributed by atoms with van der Waals surface area (Å²) in [6.07, 6.45) is 0. The number of benzene rings is 2. The van der Waals surface area contributed by atoms with Crippen LogP contribution in [-0.4, -0.2) is 6.03 Å². The van der Waals surface area contributed by atoms with Crippen LogP contribution in [-0.2, 0) is 0 Å².